The first-order valence-electron chi connectivity index (χ1n) is 9.65. The van der Waals surface area contributed by atoms with Gasteiger partial charge in [0.05, 0.1) is 0 Å². The van der Waals surface area contributed by atoms with Gasteiger partial charge in [-0.15, -0.1) is 0 Å². The monoisotopic (exact) mass is 310 g/mol. The normalized spacial score (nSPS) is 11.4. The predicted molar refractivity (Wildman–Crippen MR) is 105 cm³/mol. The Labute approximate surface area is 143 Å². The SMILES string of the molecule is CCCc1c(CCC)c(CC)c2c(C)c(C)ccc2c1CCC. The second-order valence-corrected chi connectivity index (χ2v) is 6.95. The Kier molecular flexibility index (Phi) is 6.27. The van der Waals surface area contributed by atoms with Gasteiger partial charge in [0.1, 0.15) is 0 Å². The highest BCUT2D eigenvalue weighted by Crippen LogP contribution is 2.36. The summed E-state index contributed by atoms with van der Waals surface area (Å²) in [4.78, 5) is 0. The molecule has 126 valence electrons. The van der Waals surface area contributed by atoms with Crippen LogP contribution in [0.1, 0.15) is 80.3 Å². The number of benzene rings is 2. The molecule has 0 aliphatic carbocycles. The maximum Gasteiger partial charge on any atom is -0.0114 e. The van der Waals surface area contributed by atoms with Crippen LogP contribution in [-0.2, 0) is 25.7 Å². The van der Waals surface area contributed by atoms with E-state index < -0.39 is 0 Å². The fraction of sp³-hybridized carbons (Fsp3) is 0.565. The van der Waals surface area contributed by atoms with Crippen molar-refractivity contribution >= 4 is 10.8 Å². The summed E-state index contributed by atoms with van der Waals surface area (Å²) in [5, 5.41) is 3.11. The van der Waals surface area contributed by atoms with E-state index in [1.165, 1.54) is 55.0 Å². The Morgan fingerprint density at radius 3 is 1.70 bits per heavy atom. The van der Waals surface area contributed by atoms with Crippen molar-refractivity contribution in [2.45, 2.75) is 86.5 Å². The highest BCUT2D eigenvalue weighted by molar-refractivity contribution is 5.94. The Morgan fingerprint density at radius 1 is 0.652 bits per heavy atom. The summed E-state index contributed by atoms with van der Waals surface area (Å²) in [5.74, 6) is 0. The van der Waals surface area contributed by atoms with Crippen molar-refractivity contribution in [3.8, 4) is 0 Å². The average Bonchev–Trinajstić information content (AvgIpc) is 2.54. The third kappa shape index (κ3) is 3.32. The average molecular weight is 311 g/mol. The number of aryl methyl sites for hydroxylation is 4. The lowest BCUT2D eigenvalue weighted by molar-refractivity contribution is 0.821. The van der Waals surface area contributed by atoms with E-state index in [0.717, 1.165) is 6.42 Å². The summed E-state index contributed by atoms with van der Waals surface area (Å²) >= 11 is 0. The standard InChI is InChI=1S/C23H34/c1-7-11-19-18(10-4)23-17(6)16(5)14-15-22(23)21(13-9-3)20(19)12-8-2/h14-15H,7-13H2,1-6H3. The molecule has 0 heteroatoms. The first-order chi connectivity index (χ1) is 11.1. The molecule has 0 saturated carbocycles. The molecule has 23 heavy (non-hydrogen) atoms. The zero-order chi connectivity index (χ0) is 17.0. The van der Waals surface area contributed by atoms with Crippen molar-refractivity contribution in [1.29, 1.82) is 0 Å². The molecule has 0 nitrogen and oxygen atoms in total. The molecule has 0 saturated heterocycles. The quantitative estimate of drug-likeness (QED) is 0.523. The molecule has 0 aliphatic heterocycles. The van der Waals surface area contributed by atoms with Crippen LogP contribution in [-0.4, -0.2) is 0 Å². The molecule has 0 unspecified atom stereocenters. The van der Waals surface area contributed by atoms with Crippen LogP contribution in [0.15, 0.2) is 12.1 Å². The summed E-state index contributed by atoms with van der Waals surface area (Å²) in [6.07, 6.45) is 8.56. The van der Waals surface area contributed by atoms with Gasteiger partial charge in [0.25, 0.3) is 0 Å². The fourth-order valence-corrected chi connectivity index (χ4v) is 4.16. The van der Waals surface area contributed by atoms with Gasteiger partial charge in [-0.25, -0.2) is 0 Å². The van der Waals surface area contributed by atoms with Gasteiger partial charge < -0.3 is 0 Å². The lowest BCUT2D eigenvalue weighted by Crippen LogP contribution is -2.08. The van der Waals surface area contributed by atoms with Crippen molar-refractivity contribution < 1.29 is 0 Å². The molecule has 0 heterocycles. The lowest BCUT2D eigenvalue weighted by atomic mass is 9.81. The van der Waals surface area contributed by atoms with E-state index in [-0.39, 0.29) is 0 Å². The first-order valence-corrected chi connectivity index (χ1v) is 9.65. The van der Waals surface area contributed by atoms with Crippen LogP contribution >= 0.6 is 0 Å². The lowest BCUT2D eigenvalue weighted by Gasteiger charge is -2.24. The molecule has 0 radical (unpaired) electrons. The topological polar surface area (TPSA) is 0 Å². The second kappa shape index (κ2) is 7.99. The van der Waals surface area contributed by atoms with Gasteiger partial charge in [0.15, 0.2) is 0 Å². The highest BCUT2D eigenvalue weighted by atomic mass is 14.2. The molecular weight excluding hydrogens is 276 g/mol. The minimum Gasteiger partial charge on any atom is -0.0651 e. The van der Waals surface area contributed by atoms with Gasteiger partial charge in [-0.3, -0.25) is 0 Å². The molecule has 0 atom stereocenters. The molecule has 0 fully saturated rings. The molecule has 0 spiro atoms. The van der Waals surface area contributed by atoms with Gasteiger partial charge in [-0.05, 0) is 83.7 Å². The number of hydrogen-bond donors (Lipinski definition) is 0. The largest absolute Gasteiger partial charge is 0.0651 e. The van der Waals surface area contributed by atoms with E-state index in [1.807, 2.05) is 0 Å². The molecule has 0 aromatic heterocycles. The number of fused-ring (bicyclic) bond motifs is 1. The minimum atomic E-state index is 1.15. The highest BCUT2D eigenvalue weighted by Gasteiger charge is 2.18. The van der Waals surface area contributed by atoms with E-state index in [2.05, 4.69) is 53.7 Å². The van der Waals surface area contributed by atoms with Crippen LogP contribution in [0.5, 0.6) is 0 Å². The molecule has 2 aromatic rings. The van der Waals surface area contributed by atoms with E-state index >= 15 is 0 Å². The van der Waals surface area contributed by atoms with Crippen molar-refractivity contribution in [3.63, 3.8) is 0 Å². The van der Waals surface area contributed by atoms with Gasteiger partial charge in [-0.2, -0.15) is 0 Å². The van der Waals surface area contributed by atoms with Gasteiger partial charge in [0, 0.05) is 0 Å². The molecule has 0 amide bonds. The minimum absolute atomic E-state index is 1.15. The van der Waals surface area contributed by atoms with Crippen LogP contribution < -0.4 is 0 Å². The van der Waals surface area contributed by atoms with Crippen LogP contribution in [0.2, 0.25) is 0 Å². The molecular formula is C23H34. The molecule has 0 N–H and O–H groups in total. The van der Waals surface area contributed by atoms with Crippen LogP contribution in [0.4, 0.5) is 0 Å². The Bertz CT molecular complexity index is 676. The molecule has 2 rings (SSSR count). The van der Waals surface area contributed by atoms with Crippen molar-refractivity contribution in [1.82, 2.24) is 0 Å². The van der Waals surface area contributed by atoms with E-state index in [9.17, 15) is 0 Å². The van der Waals surface area contributed by atoms with Crippen LogP contribution in [0, 0.1) is 13.8 Å². The number of rotatable bonds is 7. The van der Waals surface area contributed by atoms with E-state index in [1.54, 1.807) is 27.6 Å². The first kappa shape index (κ1) is 18.0. The van der Waals surface area contributed by atoms with Crippen molar-refractivity contribution in [2.24, 2.45) is 0 Å². The zero-order valence-electron chi connectivity index (χ0n) is 16.1. The maximum atomic E-state index is 2.40. The summed E-state index contributed by atoms with van der Waals surface area (Å²) in [6, 6.07) is 4.72. The number of hydrogen-bond acceptors (Lipinski definition) is 0. The van der Waals surface area contributed by atoms with Gasteiger partial charge in [0.2, 0.25) is 0 Å². The summed E-state index contributed by atoms with van der Waals surface area (Å²) in [7, 11) is 0. The van der Waals surface area contributed by atoms with E-state index in [4.69, 9.17) is 0 Å². The smallest absolute Gasteiger partial charge is 0.0114 e. The second-order valence-electron chi connectivity index (χ2n) is 6.95. The third-order valence-corrected chi connectivity index (χ3v) is 5.31. The third-order valence-electron chi connectivity index (χ3n) is 5.31. The summed E-state index contributed by atoms with van der Waals surface area (Å²) in [6.45, 7) is 13.9. The molecule has 0 aliphatic rings. The Hall–Kier alpha value is -1.30. The fourth-order valence-electron chi connectivity index (χ4n) is 4.16. The summed E-state index contributed by atoms with van der Waals surface area (Å²) < 4.78 is 0. The van der Waals surface area contributed by atoms with Crippen molar-refractivity contribution in [2.75, 3.05) is 0 Å². The van der Waals surface area contributed by atoms with Gasteiger partial charge in [-0.1, -0.05) is 59.1 Å². The van der Waals surface area contributed by atoms with E-state index in [0.29, 0.717) is 0 Å². The van der Waals surface area contributed by atoms with Crippen molar-refractivity contribution in [3.05, 3.63) is 45.5 Å². The van der Waals surface area contributed by atoms with Gasteiger partial charge >= 0.3 is 0 Å². The molecule has 2 aromatic carbocycles. The predicted octanol–water partition coefficient (Wildman–Crippen LogP) is 6.88. The Balaban J connectivity index is 2.96. The van der Waals surface area contributed by atoms with Crippen LogP contribution in [0.25, 0.3) is 10.8 Å². The maximum absolute atomic E-state index is 2.40. The Morgan fingerprint density at radius 2 is 1.17 bits per heavy atom. The van der Waals surface area contributed by atoms with Crippen LogP contribution in [0.3, 0.4) is 0 Å². The zero-order valence-corrected chi connectivity index (χ0v) is 16.1. The molecule has 0 bridgehead atoms. The summed E-state index contributed by atoms with van der Waals surface area (Å²) in [5.41, 5.74) is 9.57.